The van der Waals surface area contributed by atoms with Crippen LogP contribution in [-0.4, -0.2) is 30.0 Å². The van der Waals surface area contributed by atoms with Gasteiger partial charge in [0.25, 0.3) is 5.88 Å². The Balaban J connectivity index is 0.000000612. The highest BCUT2D eigenvalue weighted by molar-refractivity contribution is 7.89. The summed E-state index contributed by atoms with van der Waals surface area (Å²) in [6.07, 6.45) is 1.69. The number of carbonyl (C=O) groups excluding carboxylic acids is 2. The van der Waals surface area contributed by atoms with Crippen LogP contribution in [0.5, 0.6) is 5.88 Å². The van der Waals surface area contributed by atoms with E-state index < -0.39 is 10.0 Å². The maximum atomic E-state index is 11.0. The second-order valence-corrected chi connectivity index (χ2v) is 4.93. The summed E-state index contributed by atoms with van der Waals surface area (Å²) in [5.74, 6) is 0.375. The Morgan fingerprint density at radius 1 is 1.25 bits per heavy atom. The molecule has 1 aromatic heterocycles. The van der Waals surface area contributed by atoms with Gasteiger partial charge in [0.2, 0.25) is 10.0 Å². The van der Waals surface area contributed by atoms with E-state index in [-0.39, 0.29) is 17.7 Å². The fraction of sp³-hybridized carbons (Fsp3) is 0.100. The number of nitrogens with two attached hydrogens (primary N) is 1. The molecule has 0 fully saturated rings. The van der Waals surface area contributed by atoms with E-state index in [2.05, 4.69) is 15.4 Å². The lowest BCUT2D eigenvalue weighted by molar-refractivity contribution is -0.191. The van der Waals surface area contributed by atoms with Crippen LogP contribution >= 0.6 is 0 Å². The van der Waals surface area contributed by atoms with E-state index in [1.807, 2.05) is 0 Å². The van der Waals surface area contributed by atoms with Gasteiger partial charge < -0.3 is 4.74 Å². The zero-order valence-electron chi connectivity index (χ0n) is 10.0. The smallest absolute Gasteiger partial charge is 0.373 e. The van der Waals surface area contributed by atoms with Crippen molar-refractivity contribution in [2.75, 3.05) is 0 Å². The van der Waals surface area contributed by atoms with Crippen LogP contribution in [0, 0.1) is 0 Å². The number of aromatic nitrogens is 3. The molecule has 9 nitrogen and oxygen atoms in total. The largest absolute Gasteiger partial charge is 0.471 e. The minimum Gasteiger partial charge on any atom is -0.471 e. The van der Waals surface area contributed by atoms with E-state index in [9.17, 15) is 8.42 Å². The quantitative estimate of drug-likeness (QED) is 0.769. The molecule has 0 radical (unpaired) electrons. The van der Waals surface area contributed by atoms with Crippen LogP contribution in [0.1, 0.15) is 5.56 Å². The number of hydrogen-bond donors (Lipinski definition) is 2. The Kier molecular flexibility index (Phi) is 5.54. The Morgan fingerprint density at radius 3 is 2.30 bits per heavy atom. The molecule has 0 bridgehead atoms. The number of aromatic amines is 1. The fourth-order valence-electron chi connectivity index (χ4n) is 1.19. The standard InChI is InChI=1S/C9H10N4O3S.CO2/c10-17(14,15)8-3-1-7(2-4-8)6-16-9-5-11-13-12-9;2-1-3/h1-5H,6H2,(H2,10,14,15)(H,11,12,13);. The number of nitrogens with one attached hydrogen (secondary N) is 1. The molecule has 2 rings (SSSR count). The highest BCUT2D eigenvalue weighted by Crippen LogP contribution is 2.11. The van der Waals surface area contributed by atoms with Gasteiger partial charge in [-0.25, -0.2) is 13.6 Å². The molecule has 0 amide bonds. The zero-order chi connectivity index (χ0) is 15.0. The maximum Gasteiger partial charge on any atom is 0.373 e. The Bertz CT molecular complexity index is 660. The Labute approximate surface area is 113 Å². The Morgan fingerprint density at radius 2 is 1.85 bits per heavy atom. The summed E-state index contributed by atoms with van der Waals surface area (Å²) in [5, 5.41) is 14.7. The highest BCUT2D eigenvalue weighted by Gasteiger charge is 2.06. The topological polar surface area (TPSA) is 145 Å². The van der Waals surface area contributed by atoms with Crippen molar-refractivity contribution in [3.8, 4) is 5.88 Å². The van der Waals surface area contributed by atoms with Crippen LogP contribution in [0.2, 0.25) is 0 Å². The lowest BCUT2D eigenvalue weighted by Crippen LogP contribution is -2.12. The van der Waals surface area contributed by atoms with Gasteiger partial charge in [-0.1, -0.05) is 12.1 Å². The number of ether oxygens (including phenoxy) is 1. The van der Waals surface area contributed by atoms with Gasteiger partial charge in [-0.05, 0) is 17.7 Å². The van der Waals surface area contributed by atoms with Gasteiger partial charge in [-0.3, -0.25) is 0 Å². The second-order valence-electron chi connectivity index (χ2n) is 3.37. The van der Waals surface area contributed by atoms with Gasteiger partial charge in [0.05, 0.1) is 4.90 Å². The van der Waals surface area contributed by atoms with Crippen molar-refractivity contribution in [3.05, 3.63) is 36.0 Å². The molecule has 1 aromatic carbocycles. The molecule has 0 atom stereocenters. The molecular formula is C10H10N4O5S. The van der Waals surface area contributed by atoms with Crippen molar-refractivity contribution in [1.82, 2.24) is 15.4 Å². The van der Waals surface area contributed by atoms with Crippen molar-refractivity contribution in [1.29, 1.82) is 0 Å². The molecule has 0 aliphatic carbocycles. The van der Waals surface area contributed by atoms with Crippen LogP contribution in [0.4, 0.5) is 0 Å². The number of nitrogens with zero attached hydrogens (tertiary/aromatic N) is 2. The highest BCUT2D eigenvalue weighted by atomic mass is 32.2. The second kappa shape index (κ2) is 7.14. The van der Waals surface area contributed by atoms with Crippen molar-refractivity contribution in [3.63, 3.8) is 0 Å². The number of rotatable bonds is 4. The third-order valence-corrected chi connectivity index (χ3v) is 2.96. The average molecular weight is 298 g/mol. The first-order valence-corrected chi connectivity index (χ1v) is 6.61. The summed E-state index contributed by atoms with van der Waals surface area (Å²) in [6, 6.07) is 6.10. The molecule has 3 N–H and O–H groups in total. The number of H-pyrrole nitrogens is 1. The van der Waals surface area contributed by atoms with Gasteiger partial charge in [-0.15, -0.1) is 5.10 Å². The zero-order valence-corrected chi connectivity index (χ0v) is 10.8. The summed E-state index contributed by atoms with van der Waals surface area (Å²) < 4.78 is 27.3. The van der Waals surface area contributed by atoms with Crippen molar-refractivity contribution in [2.45, 2.75) is 11.5 Å². The molecule has 10 heteroatoms. The molecule has 20 heavy (non-hydrogen) atoms. The first-order chi connectivity index (χ1) is 9.47. The predicted molar refractivity (Wildman–Crippen MR) is 63.5 cm³/mol. The van der Waals surface area contributed by atoms with Crippen molar-refractivity contribution in [2.24, 2.45) is 5.14 Å². The van der Waals surface area contributed by atoms with Crippen LogP contribution < -0.4 is 9.88 Å². The van der Waals surface area contributed by atoms with E-state index in [1.165, 1.54) is 18.3 Å². The molecule has 0 aliphatic heterocycles. The number of sulfonamides is 1. The lowest BCUT2D eigenvalue weighted by atomic mass is 10.2. The lowest BCUT2D eigenvalue weighted by Gasteiger charge is -2.03. The first-order valence-electron chi connectivity index (χ1n) is 5.07. The third-order valence-electron chi connectivity index (χ3n) is 2.03. The van der Waals surface area contributed by atoms with E-state index in [4.69, 9.17) is 19.5 Å². The third kappa shape index (κ3) is 4.98. The first kappa shape index (κ1) is 15.5. The summed E-state index contributed by atoms with van der Waals surface area (Å²) >= 11 is 0. The van der Waals surface area contributed by atoms with Crippen LogP contribution in [-0.2, 0) is 26.2 Å². The van der Waals surface area contributed by atoms with Crippen molar-refractivity contribution >= 4 is 16.2 Å². The fourth-order valence-corrected chi connectivity index (χ4v) is 1.71. The van der Waals surface area contributed by atoms with Gasteiger partial charge >= 0.3 is 6.15 Å². The van der Waals surface area contributed by atoms with E-state index in [0.717, 1.165) is 5.56 Å². The molecule has 2 aromatic rings. The SMILES string of the molecule is NS(=O)(=O)c1ccc(COc2cn[nH]n2)cc1.O=C=O. The monoisotopic (exact) mass is 298 g/mol. The maximum absolute atomic E-state index is 11.0. The van der Waals surface area contributed by atoms with Gasteiger partial charge in [0.1, 0.15) is 12.8 Å². The molecule has 0 unspecified atom stereocenters. The van der Waals surface area contributed by atoms with Gasteiger partial charge in [0.15, 0.2) is 0 Å². The molecule has 0 saturated carbocycles. The average Bonchev–Trinajstić information content (AvgIpc) is 2.90. The number of primary sulfonamides is 1. The van der Waals surface area contributed by atoms with E-state index in [0.29, 0.717) is 5.88 Å². The summed E-state index contributed by atoms with van der Waals surface area (Å²) in [4.78, 5) is 16.3. The molecule has 0 spiro atoms. The predicted octanol–water partition coefficient (Wildman–Crippen LogP) is -0.552. The molecule has 0 aliphatic rings. The number of benzene rings is 1. The summed E-state index contributed by atoms with van der Waals surface area (Å²) in [5.41, 5.74) is 0.806. The minimum absolute atomic E-state index is 0.0719. The van der Waals surface area contributed by atoms with Crippen LogP contribution in [0.3, 0.4) is 0 Å². The molecule has 0 saturated heterocycles. The molecular weight excluding hydrogens is 288 g/mol. The van der Waals surface area contributed by atoms with Gasteiger partial charge in [0, 0.05) is 0 Å². The van der Waals surface area contributed by atoms with Gasteiger partial charge in [-0.2, -0.15) is 19.9 Å². The van der Waals surface area contributed by atoms with E-state index in [1.54, 1.807) is 12.1 Å². The summed E-state index contributed by atoms with van der Waals surface area (Å²) in [6.45, 7) is 0.275. The van der Waals surface area contributed by atoms with Crippen LogP contribution in [0.15, 0.2) is 35.4 Å². The molecule has 106 valence electrons. The normalized spacial score (nSPS) is 10.1. The van der Waals surface area contributed by atoms with Crippen LogP contribution in [0.25, 0.3) is 0 Å². The Hall–Kier alpha value is -2.55. The van der Waals surface area contributed by atoms with Crippen molar-refractivity contribution < 1.29 is 22.7 Å². The summed E-state index contributed by atoms with van der Waals surface area (Å²) in [7, 11) is -3.65. The molecule has 1 heterocycles. The van der Waals surface area contributed by atoms with E-state index >= 15 is 0 Å². The minimum atomic E-state index is -3.65. The number of hydrogen-bond acceptors (Lipinski definition) is 7.